The number of fused-ring (bicyclic) bond motifs is 2. The van der Waals surface area contributed by atoms with Gasteiger partial charge in [0.1, 0.15) is 0 Å². The van der Waals surface area contributed by atoms with Gasteiger partial charge in [0, 0.05) is 36.4 Å². The number of aromatic nitrogens is 1. The van der Waals surface area contributed by atoms with Gasteiger partial charge in [-0.25, -0.2) is 0 Å². The Hall–Kier alpha value is -4.69. The van der Waals surface area contributed by atoms with Gasteiger partial charge in [0.15, 0.2) is 24.4 Å². The van der Waals surface area contributed by atoms with Crippen molar-refractivity contribution in [3.63, 3.8) is 0 Å². The second-order valence-corrected chi connectivity index (χ2v) is 9.12. The van der Waals surface area contributed by atoms with Crippen LogP contribution in [0, 0.1) is 10.1 Å². The van der Waals surface area contributed by atoms with Gasteiger partial charge in [-0.3, -0.25) is 14.9 Å². The zero-order valence-electron chi connectivity index (χ0n) is 21.3. The highest BCUT2D eigenvalue weighted by Crippen LogP contribution is 2.37. The van der Waals surface area contributed by atoms with Gasteiger partial charge in [-0.2, -0.15) is 4.57 Å². The number of nitro groups is 1. The van der Waals surface area contributed by atoms with Crippen molar-refractivity contribution >= 4 is 34.3 Å². The summed E-state index contributed by atoms with van der Waals surface area (Å²) in [5, 5.41) is 22.0. The summed E-state index contributed by atoms with van der Waals surface area (Å²) in [4.78, 5) is 24.6. The molecule has 5 rings (SSSR count). The first-order valence-corrected chi connectivity index (χ1v) is 12.1. The van der Waals surface area contributed by atoms with Crippen LogP contribution in [0.2, 0.25) is 0 Å². The van der Waals surface area contributed by atoms with Crippen molar-refractivity contribution < 1.29 is 36.5 Å². The lowest BCUT2D eigenvalue weighted by molar-refractivity contribution is -0.662. The third kappa shape index (κ3) is 5.46. The first kappa shape index (κ1) is 27.3. The van der Waals surface area contributed by atoms with Gasteiger partial charge >= 0.3 is 5.97 Å². The lowest BCUT2D eigenvalue weighted by Crippen LogP contribution is -3.00. The Kier molecular flexibility index (Phi) is 7.97. The van der Waals surface area contributed by atoms with E-state index in [0.29, 0.717) is 12.1 Å². The maximum Gasteiger partial charge on any atom is 0.310 e. The number of rotatable bonds is 7. The van der Waals surface area contributed by atoms with Gasteiger partial charge in [0.25, 0.3) is 5.69 Å². The van der Waals surface area contributed by atoms with E-state index in [-0.39, 0.29) is 23.7 Å². The Morgan fingerprint density at radius 2 is 1.87 bits per heavy atom. The van der Waals surface area contributed by atoms with Crippen LogP contribution in [0.25, 0.3) is 17.0 Å². The fourth-order valence-electron chi connectivity index (χ4n) is 4.63. The molecule has 9 heteroatoms. The maximum absolute atomic E-state index is 11.7. The summed E-state index contributed by atoms with van der Waals surface area (Å²) >= 11 is 0. The Morgan fingerprint density at radius 3 is 2.62 bits per heavy atom. The predicted octanol–water partition coefficient (Wildman–Crippen LogP) is 2.66. The number of hydrogen-bond acceptors (Lipinski definition) is 5. The third-order valence-corrected chi connectivity index (χ3v) is 6.73. The molecular formula is C30H26ClN3O5. The quantitative estimate of drug-likeness (QED) is 0.219. The number of allylic oxidation sites excluding steroid dienone is 2. The smallest absolute Gasteiger partial charge is 0.310 e. The first-order chi connectivity index (χ1) is 18.3. The lowest BCUT2D eigenvalue weighted by Gasteiger charge is -2.10. The van der Waals surface area contributed by atoms with Crippen LogP contribution in [0.5, 0.6) is 5.75 Å². The second-order valence-electron chi connectivity index (χ2n) is 9.12. The zero-order valence-corrected chi connectivity index (χ0v) is 22.1. The van der Waals surface area contributed by atoms with E-state index in [4.69, 9.17) is 4.74 Å². The third-order valence-electron chi connectivity index (χ3n) is 6.73. The van der Waals surface area contributed by atoms with Crippen molar-refractivity contribution in [1.29, 1.82) is 0 Å². The van der Waals surface area contributed by atoms with Crippen LogP contribution >= 0.6 is 0 Å². The number of benzene rings is 3. The van der Waals surface area contributed by atoms with E-state index in [1.165, 1.54) is 13.0 Å². The average molecular weight is 544 g/mol. The Balaban J connectivity index is 0.00000353. The molecule has 198 valence electrons. The van der Waals surface area contributed by atoms with Crippen LogP contribution in [0.3, 0.4) is 0 Å². The highest BCUT2D eigenvalue weighted by atomic mass is 35.5. The fourth-order valence-corrected chi connectivity index (χ4v) is 4.63. The maximum atomic E-state index is 11.7. The molecule has 3 aromatic carbocycles. The molecule has 0 bridgehead atoms. The van der Waals surface area contributed by atoms with Crippen LogP contribution in [0.15, 0.2) is 97.0 Å². The molecule has 0 amide bonds. The molecule has 2 heterocycles. The molecule has 39 heavy (non-hydrogen) atoms. The summed E-state index contributed by atoms with van der Waals surface area (Å²) in [6.45, 7) is 1.85. The second kappa shape index (κ2) is 11.4. The number of halogens is 1. The van der Waals surface area contributed by atoms with Crippen molar-refractivity contribution in [2.45, 2.75) is 19.4 Å². The predicted molar refractivity (Wildman–Crippen MR) is 145 cm³/mol. The van der Waals surface area contributed by atoms with Crippen LogP contribution in [-0.2, 0) is 11.3 Å². The number of para-hydroxylation sites is 3. The van der Waals surface area contributed by atoms with Crippen molar-refractivity contribution in [2.75, 3.05) is 11.9 Å². The van der Waals surface area contributed by atoms with Crippen LogP contribution in [-0.4, -0.2) is 23.0 Å². The molecule has 1 atom stereocenters. The van der Waals surface area contributed by atoms with Gasteiger partial charge in [-0.1, -0.05) is 48.6 Å². The lowest BCUT2D eigenvalue weighted by atomic mass is 9.97. The summed E-state index contributed by atoms with van der Waals surface area (Å²) in [5.41, 5.74) is 3.72. The van der Waals surface area contributed by atoms with E-state index < -0.39 is 16.8 Å². The van der Waals surface area contributed by atoms with Crippen LogP contribution in [0.4, 0.5) is 11.4 Å². The van der Waals surface area contributed by atoms with Crippen molar-refractivity contribution in [2.24, 2.45) is 0 Å². The fraction of sp³-hybridized carbons (Fsp3) is 0.133. The minimum absolute atomic E-state index is 0. The number of carboxylic acid groups (broad SMARTS) is 1. The SMILES string of the molecule is CC(C(=O)O)c1ccc(C[n+]2ccc(/C=C/C=C3\Oc4ccccc4N3C)c3ccccc32)cc1[N+](=O)[O-].[Cl-]. The molecule has 1 aliphatic heterocycles. The number of anilines is 1. The van der Waals surface area contributed by atoms with E-state index in [9.17, 15) is 20.0 Å². The summed E-state index contributed by atoms with van der Waals surface area (Å²) in [6, 6.07) is 22.6. The number of nitro benzene ring substituents is 1. The minimum Gasteiger partial charge on any atom is -1.00 e. The van der Waals surface area contributed by atoms with Crippen molar-refractivity contribution in [3.8, 4) is 5.75 Å². The standard InChI is InChI=1S/C30H25N3O5.ClH/c1-20(30(34)35)23-15-14-21(18-27(23)33(36)37)19-32-17-16-22(24-9-3-4-10-25(24)32)8-7-13-29-31(2)26-11-5-6-12-28(26)38-29;/h3-18,20H,19H2,1-2H3;1H. The average Bonchev–Trinajstić information content (AvgIpc) is 3.24. The van der Waals surface area contributed by atoms with E-state index in [1.807, 2.05) is 95.5 Å². The molecule has 0 spiro atoms. The minimum atomic E-state index is -1.10. The number of aliphatic carboxylic acids is 1. The molecule has 0 saturated heterocycles. The molecule has 1 aliphatic rings. The number of hydrogen-bond donors (Lipinski definition) is 1. The molecule has 8 nitrogen and oxygen atoms in total. The highest BCUT2D eigenvalue weighted by molar-refractivity contribution is 5.85. The van der Waals surface area contributed by atoms with Gasteiger partial charge in [0.05, 0.1) is 21.9 Å². The van der Waals surface area contributed by atoms with Gasteiger partial charge < -0.3 is 27.2 Å². The Morgan fingerprint density at radius 1 is 1.13 bits per heavy atom. The Labute approximate surface area is 231 Å². The molecule has 1 unspecified atom stereocenters. The largest absolute Gasteiger partial charge is 1.00 e. The molecule has 0 radical (unpaired) electrons. The molecule has 0 fully saturated rings. The number of carboxylic acids is 1. The molecular weight excluding hydrogens is 518 g/mol. The Bertz CT molecular complexity index is 1630. The monoisotopic (exact) mass is 543 g/mol. The summed E-state index contributed by atoms with van der Waals surface area (Å²) in [7, 11) is 1.96. The van der Waals surface area contributed by atoms with Gasteiger partial charge in [0.2, 0.25) is 5.52 Å². The van der Waals surface area contributed by atoms with E-state index in [2.05, 4.69) is 0 Å². The summed E-state index contributed by atoms with van der Waals surface area (Å²) in [6.07, 6.45) is 7.85. The molecule has 4 aromatic rings. The summed E-state index contributed by atoms with van der Waals surface area (Å²) < 4.78 is 7.97. The van der Waals surface area contributed by atoms with Crippen LogP contribution < -0.4 is 26.6 Å². The van der Waals surface area contributed by atoms with E-state index in [0.717, 1.165) is 33.8 Å². The number of nitrogens with zero attached hydrogens (tertiary/aromatic N) is 3. The number of pyridine rings is 1. The van der Waals surface area contributed by atoms with Gasteiger partial charge in [-0.05, 0) is 36.8 Å². The van der Waals surface area contributed by atoms with Gasteiger partial charge in [-0.15, -0.1) is 0 Å². The number of carbonyl (C=O) groups is 1. The number of ether oxygens (including phenoxy) is 1. The van der Waals surface area contributed by atoms with E-state index >= 15 is 0 Å². The topological polar surface area (TPSA) is 96.8 Å². The van der Waals surface area contributed by atoms with Crippen molar-refractivity contribution in [1.82, 2.24) is 0 Å². The molecule has 0 aliphatic carbocycles. The molecule has 1 aromatic heterocycles. The zero-order chi connectivity index (χ0) is 26.8. The van der Waals surface area contributed by atoms with Crippen LogP contribution in [0.1, 0.15) is 29.5 Å². The summed E-state index contributed by atoms with van der Waals surface area (Å²) in [5.74, 6) is -0.509. The molecule has 1 N–H and O–H groups in total. The first-order valence-electron chi connectivity index (χ1n) is 12.1. The van der Waals surface area contributed by atoms with Crippen molar-refractivity contribution in [3.05, 3.63) is 124 Å². The highest BCUT2D eigenvalue weighted by Gasteiger charge is 2.25. The van der Waals surface area contributed by atoms with E-state index in [1.54, 1.807) is 12.1 Å². The normalized spacial score (nSPS) is 14.2. The molecule has 0 saturated carbocycles.